The normalized spacial score (nSPS) is 15.4. The third-order valence-corrected chi connectivity index (χ3v) is 3.68. The van der Waals surface area contributed by atoms with Gasteiger partial charge in [-0.1, -0.05) is 5.16 Å². The molecule has 0 atom stereocenters. The minimum absolute atomic E-state index is 0.0881. The first-order valence-corrected chi connectivity index (χ1v) is 6.95. The summed E-state index contributed by atoms with van der Waals surface area (Å²) in [6.07, 6.45) is -2.36. The van der Waals surface area contributed by atoms with Crippen LogP contribution in [0.3, 0.4) is 0 Å². The predicted octanol–water partition coefficient (Wildman–Crippen LogP) is 2.77. The monoisotopic (exact) mass is 354 g/mol. The highest BCUT2D eigenvalue weighted by molar-refractivity contribution is 5.65. The third-order valence-electron chi connectivity index (χ3n) is 3.68. The number of pyridine rings is 1. The molecule has 130 valence electrons. The number of rotatable bonds is 5. The Kier molecular flexibility index (Phi) is 3.78. The van der Waals surface area contributed by atoms with Gasteiger partial charge in [0.1, 0.15) is 0 Å². The summed E-state index contributed by atoms with van der Waals surface area (Å²) in [6, 6.07) is 3.12. The van der Waals surface area contributed by atoms with Crippen molar-refractivity contribution in [2.24, 2.45) is 5.41 Å². The van der Waals surface area contributed by atoms with Crippen molar-refractivity contribution in [2.75, 3.05) is 11.9 Å². The van der Waals surface area contributed by atoms with Gasteiger partial charge in [0.2, 0.25) is 11.6 Å². The number of aromatic nitrogens is 3. The number of hydrogen-bond donors (Lipinski definition) is 1. The first-order chi connectivity index (χ1) is 11.7. The summed E-state index contributed by atoms with van der Waals surface area (Å²) >= 11 is 0. The maximum absolute atomic E-state index is 12.5. The van der Waals surface area contributed by atoms with Gasteiger partial charge < -0.3 is 9.84 Å². The van der Waals surface area contributed by atoms with Crippen molar-refractivity contribution in [3.63, 3.8) is 0 Å². The molecule has 2 aromatic heterocycles. The van der Waals surface area contributed by atoms with Crippen LogP contribution in [0.2, 0.25) is 0 Å². The van der Waals surface area contributed by atoms with Crippen LogP contribution in [-0.4, -0.2) is 26.6 Å². The van der Waals surface area contributed by atoms with E-state index in [4.69, 9.17) is 5.26 Å². The molecule has 1 fully saturated rings. The van der Waals surface area contributed by atoms with E-state index in [0.29, 0.717) is 12.8 Å². The van der Waals surface area contributed by atoms with Gasteiger partial charge in [-0.2, -0.15) is 23.4 Å². The molecular formula is C13H9F3N6O3. The molecule has 0 aliphatic heterocycles. The quantitative estimate of drug-likeness (QED) is 0.640. The number of nitrogens with one attached hydrogen (secondary N) is 1. The zero-order valence-electron chi connectivity index (χ0n) is 12.4. The minimum Gasteiger partial charge on any atom is -0.363 e. The first kappa shape index (κ1) is 16.6. The van der Waals surface area contributed by atoms with E-state index in [1.165, 1.54) is 0 Å². The second-order valence-electron chi connectivity index (χ2n) is 5.52. The largest absolute Gasteiger partial charge is 0.471 e. The van der Waals surface area contributed by atoms with Crippen molar-refractivity contribution < 1.29 is 22.6 Å². The molecule has 0 bridgehead atoms. The molecule has 0 unspecified atom stereocenters. The van der Waals surface area contributed by atoms with E-state index in [1.54, 1.807) is 0 Å². The fourth-order valence-corrected chi connectivity index (χ4v) is 2.04. The summed E-state index contributed by atoms with van der Waals surface area (Å²) in [6.45, 7) is 0.192. The van der Waals surface area contributed by atoms with Gasteiger partial charge in [0, 0.05) is 24.4 Å². The lowest BCUT2D eigenvalue weighted by Gasteiger charge is -2.09. The number of hydrogen-bond acceptors (Lipinski definition) is 8. The molecule has 1 saturated carbocycles. The Morgan fingerprint density at radius 1 is 1.48 bits per heavy atom. The Labute approximate surface area is 137 Å². The second-order valence-corrected chi connectivity index (χ2v) is 5.52. The molecule has 0 amide bonds. The maximum Gasteiger partial charge on any atom is 0.471 e. The fourth-order valence-electron chi connectivity index (χ4n) is 2.04. The molecule has 2 heterocycles. The molecule has 0 aromatic carbocycles. The Morgan fingerprint density at radius 3 is 2.72 bits per heavy atom. The average molecular weight is 354 g/mol. The molecule has 25 heavy (non-hydrogen) atoms. The summed E-state index contributed by atoms with van der Waals surface area (Å²) < 4.78 is 41.5. The van der Waals surface area contributed by atoms with Crippen molar-refractivity contribution in [3.05, 3.63) is 28.3 Å². The van der Waals surface area contributed by atoms with Crippen LogP contribution in [0.15, 0.2) is 16.8 Å². The number of alkyl halides is 3. The number of nitrogens with zero attached hydrogens (tertiary/aromatic N) is 5. The van der Waals surface area contributed by atoms with E-state index in [-0.39, 0.29) is 17.9 Å². The molecule has 0 saturated heterocycles. The van der Waals surface area contributed by atoms with Gasteiger partial charge in [-0.3, -0.25) is 10.1 Å². The van der Waals surface area contributed by atoms with Crippen LogP contribution in [0.5, 0.6) is 0 Å². The minimum atomic E-state index is -4.82. The van der Waals surface area contributed by atoms with Gasteiger partial charge in [0.05, 0.1) is 16.4 Å². The maximum atomic E-state index is 12.5. The van der Waals surface area contributed by atoms with E-state index in [1.807, 2.05) is 0 Å². The van der Waals surface area contributed by atoms with Crippen LogP contribution in [0.4, 0.5) is 24.7 Å². The predicted molar refractivity (Wildman–Crippen MR) is 75.0 cm³/mol. The Morgan fingerprint density at radius 2 is 2.20 bits per heavy atom. The molecule has 1 aliphatic carbocycles. The van der Waals surface area contributed by atoms with Gasteiger partial charge in [-0.15, -0.1) is 0 Å². The van der Waals surface area contributed by atoms with Crippen molar-refractivity contribution in [2.45, 2.75) is 19.0 Å². The molecule has 0 radical (unpaired) electrons. The molecule has 2 aromatic rings. The van der Waals surface area contributed by atoms with Gasteiger partial charge in [0.25, 0.3) is 0 Å². The lowest BCUT2D eigenvalue weighted by molar-refractivity contribution is -0.384. The zero-order chi connectivity index (χ0) is 18.2. The lowest BCUT2D eigenvalue weighted by Crippen LogP contribution is -2.15. The number of halogens is 3. The molecule has 1 N–H and O–H groups in total. The van der Waals surface area contributed by atoms with Crippen LogP contribution in [0, 0.1) is 26.9 Å². The Hall–Kier alpha value is -3.23. The summed E-state index contributed by atoms with van der Waals surface area (Å²) in [5.74, 6) is -2.11. The zero-order valence-corrected chi connectivity index (χ0v) is 12.4. The van der Waals surface area contributed by atoms with Gasteiger partial charge >= 0.3 is 17.8 Å². The molecule has 12 heteroatoms. The van der Waals surface area contributed by atoms with Crippen molar-refractivity contribution in [3.8, 4) is 17.5 Å². The fraction of sp³-hybridized carbons (Fsp3) is 0.385. The van der Waals surface area contributed by atoms with Crippen LogP contribution in [0.1, 0.15) is 18.7 Å². The van der Waals surface area contributed by atoms with E-state index in [2.05, 4.69) is 31.0 Å². The summed E-state index contributed by atoms with van der Waals surface area (Å²) in [5.41, 5.74) is -1.12. The highest BCUT2D eigenvalue weighted by Crippen LogP contribution is 2.45. The van der Waals surface area contributed by atoms with Gasteiger partial charge in [0.15, 0.2) is 0 Å². The number of nitriles is 1. The van der Waals surface area contributed by atoms with Crippen molar-refractivity contribution in [1.82, 2.24) is 15.1 Å². The highest BCUT2D eigenvalue weighted by atomic mass is 19.4. The average Bonchev–Trinajstić information content (AvgIpc) is 3.16. The van der Waals surface area contributed by atoms with E-state index in [9.17, 15) is 23.3 Å². The first-order valence-electron chi connectivity index (χ1n) is 6.95. The van der Waals surface area contributed by atoms with Crippen molar-refractivity contribution >= 4 is 11.5 Å². The summed E-state index contributed by atoms with van der Waals surface area (Å²) in [4.78, 5) is 17.5. The molecule has 3 rings (SSSR count). The Bertz CT molecular complexity index is 869. The van der Waals surface area contributed by atoms with Crippen LogP contribution >= 0.6 is 0 Å². The molecule has 1 aliphatic rings. The highest BCUT2D eigenvalue weighted by Gasteiger charge is 2.43. The SMILES string of the molecule is N#CC1(CNc2ncc(-c3noc(C(F)(F)F)n3)cc2[N+](=O)[O-])CC1. The third kappa shape index (κ3) is 3.35. The summed E-state index contributed by atoms with van der Waals surface area (Å²) in [5, 5.41) is 26.1. The topological polar surface area (TPSA) is 131 Å². The van der Waals surface area contributed by atoms with E-state index in [0.717, 1.165) is 12.3 Å². The van der Waals surface area contributed by atoms with Crippen LogP contribution in [0.25, 0.3) is 11.4 Å². The summed E-state index contributed by atoms with van der Waals surface area (Å²) in [7, 11) is 0. The van der Waals surface area contributed by atoms with Crippen molar-refractivity contribution in [1.29, 1.82) is 5.26 Å². The smallest absolute Gasteiger partial charge is 0.363 e. The van der Waals surface area contributed by atoms with Gasteiger partial charge in [-0.25, -0.2) is 4.98 Å². The van der Waals surface area contributed by atoms with Gasteiger partial charge in [-0.05, 0) is 12.8 Å². The lowest BCUT2D eigenvalue weighted by atomic mass is 10.1. The van der Waals surface area contributed by atoms with E-state index >= 15 is 0 Å². The van der Waals surface area contributed by atoms with E-state index < -0.39 is 33.9 Å². The standard InChI is InChI=1S/C13H9F3N6O3/c14-13(15,16)11-20-9(21-25-11)7-3-8(22(23)24)10(18-4-7)19-6-12(5-17)1-2-12/h3-4H,1-2,6H2,(H,18,19). The van der Waals surface area contributed by atoms with Crippen LogP contribution in [-0.2, 0) is 6.18 Å². The number of anilines is 1. The number of nitro groups is 1. The molecule has 0 spiro atoms. The molecule has 9 nitrogen and oxygen atoms in total. The second kappa shape index (κ2) is 5.69. The van der Waals surface area contributed by atoms with Crippen LogP contribution < -0.4 is 5.32 Å². The molecular weight excluding hydrogens is 345 g/mol. The Balaban J connectivity index is 1.87.